The summed E-state index contributed by atoms with van der Waals surface area (Å²) in [4.78, 5) is 11.9. The summed E-state index contributed by atoms with van der Waals surface area (Å²) < 4.78 is 11.3. The van der Waals surface area contributed by atoms with Crippen molar-refractivity contribution in [1.29, 1.82) is 0 Å². The lowest BCUT2D eigenvalue weighted by atomic mass is 9.61. The van der Waals surface area contributed by atoms with Gasteiger partial charge in [0.2, 0.25) is 0 Å². The van der Waals surface area contributed by atoms with E-state index in [1.807, 2.05) is 0 Å². The van der Waals surface area contributed by atoms with Crippen LogP contribution in [0, 0.1) is 23.2 Å². The fourth-order valence-corrected chi connectivity index (χ4v) is 5.40. The number of epoxide rings is 2. The van der Waals surface area contributed by atoms with Crippen molar-refractivity contribution < 1.29 is 19.4 Å². The molecule has 3 saturated carbocycles. The van der Waals surface area contributed by atoms with Gasteiger partial charge in [-0.15, -0.1) is 0 Å². The van der Waals surface area contributed by atoms with Crippen molar-refractivity contribution in [1.82, 2.24) is 0 Å². The summed E-state index contributed by atoms with van der Waals surface area (Å²) in [5, 5.41) is 9.82. The second-order valence-electron chi connectivity index (χ2n) is 6.98. The Bertz CT molecular complexity index is 436. The third-order valence-electron chi connectivity index (χ3n) is 6.36. The van der Waals surface area contributed by atoms with Gasteiger partial charge in [0.1, 0.15) is 0 Å². The molecule has 0 spiro atoms. The first-order valence-electron chi connectivity index (χ1n) is 7.23. The minimum Gasteiger partial charge on any atom is -0.481 e. The second-order valence-corrected chi connectivity index (χ2v) is 6.98. The lowest BCUT2D eigenvalue weighted by molar-refractivity contribution is -0.156. The van der Waals surface area contributed by atoms with E-state index >= 15 is 0 Å². The molecule has 2 bridgehead atoms. The minimum atomic E-state index is -0.578. The highest BCUT2D eigenvalue weighted by atomic mass is 16.6. The monoisotopic (exact) mass is 250 g/mol. The van der Waals surface area contributed by atoms with Crippen LogP contribution in [0.3, 0.4) is 0 Å². The molecule has 8 atom stereocenters. The first kappa shape index (κ1) is 10.2. The molecule has 98 valence electrons. The standard InChI is InChI=1S/C14H18O4/c15-13(16)14(2-1-9-10(5-14)17-9)8-4-6-3-7(8)12-11(6)18-12/h6-12H,1-5H2,(H,15,16). The topological polar surface area (TPSA) is 62.4 Å². The maximum absolute atomic E-state index is 11.9. The van der Waals surface area contributed by atoms with Crippen LogP contribution in [0.5, 0.6) is 0 Å². The Morgan fingerprint density at radius 2 is 2.06 bits per heavy atom. The Morgan fingerprint density at radius 3 is 2.72 bits per heavy atom. The van der Waals surface area contributed by atoms with E-state index in [1.54, 1.807) is 0 Å². The Balaban J connectivity index is 1.49. The zero-order valence-corrected chi connectivity index (χ0v) is 10.2. The van der Waals surface area contributed by atoms with Crippen LogP contribution in [-0.4, -0.2) is 35.5 Å². The third-order valence-corrected chi connectivity index (χ3v) is 6.36. The largest absolute Gasteiger partial charge is 0.481 e. The van der Waals surface area contributed by atoms with Crippen LogP contribution in [0.1, 0.15) is 32.1 Å². The van der Waals surface area contributed by atoms with E-state index in [2.05, 4.69) is 0 Å². The zero-order valence-electron chi connectivity index (χ0n) is 10.2. The van der Waals surface area contributed by atoms with Gasteiger partial charge in [0.15, 0.2) is 0 Å². The first-order chi connectivity index (χ1) is 8.69. The number of hydrogen-bond donors (Lipinski definition) is 1. The average Bonchev–Trinajstić information content (AvgIpc) is 3.25. The summed E-state index contributed by atoms with van der Waals surface area (Å²) in [5.41, 5.74) is -0.506. The molecule has 5 fully saturated rings. The smallest absolute Gasteiger partial charge is 0.310 e. The van der Waals surface area contributed by atoms with Crippen molar-refractivity contribution in [3.63, 3.8) is 0 Å². The average molecular weight is 250 g/mol. The molecule has 2 heterocycles. The quantitative estimate of drug-likeness (QED) is 0.753. The van der Waals surface area contributed by atoms with E-state index in [0.29, 0.717) is 36.1 Å². The number of rotatable bonds is 2. The SMILES string of the molecule is O=C(O)C1(C2CC3CC2C2OC32)CCC2OC2C1. The van der Waals surface area contributed by atoms with Crippen LogP contribution in [0.25, 0.3) is 0 Å². The molecule has 0 aromatic rings. The molecule has 0 aromatic carbocycles. The lowest BCUT2D eigenvalue weighted by Crippen LogP contribution is -2.45. The third kappa shape index (κ3) is 1.08. The highest BCUT2D eigenvalue weighted by molar-refractivity contribution is 5.75. The molecule has 1 N–H and O–H groups in total. The number of fused-ring (bicyclic) bond motifs is 6. The van der Waals surface area contributed by atoms with Gasteiger partial charge in [-0.1, -0.05) is 0 Å². The molecule has 5 rings (SSSR count). The maximum atomic E-state index is 11.9. The van der Waals surface area contributed by atoms with Gasteiger partial charge in [-0.05, 0) is 49.9 Å². The Morgan fingerprint density at radius 1 is 1.17 bits per heavy atom. The number of carbonyl (C=O) groups is 1. The molecule has 0 radical (unpaired) electrons. The maximum Gasteiger partial charge on any atom is 0.310 e. The highest BCUT2D eigenvalue weighted by Crippen LogP contribution is 2.66. The first-order valence-corrected chi connectivity index (χ1v) is 7.23. The van der Waals surface area contributed by atoms with Gasteiger partial charge in [-0.25, -0.2) is 0 Å². The van der Waals surface area contributed by atoms with E-state index in [9.17, 15) is 9.90 Å². The van der Waals surface area contributed by atoms with Crippen LogP contribution in [0.4, 0.5) is 0 Å². The Labute approximate surface area is 106 Å². The van der Waals surface area contributed by atoms with E-state index in [-0.39, 0.29) is 6.10 Å². The molecule has 8 unspecified atom stereocenters. The minimum absolute atomic E-state index is 0.241. The van der Waals surface area contributed by atoms with Crippen molar-refractivity contribution >= 4 is 5.97 Å². The van der Waals surface area contributed by atoms with E-state index in [1.165, 1.54) is 6.42 Å². The van der Waals surface area contributed by atoms with E-state index < -0.39 is 11.4 Å². The van der Waals surface area contributed by atoms with Crippen LogP contribution in [-0.2, 0) is 14.3 Å². The van der Waals surface area contributed by atoms with Crippen LogP contribution < -0.4 is 0 Å². The van der Waals surface area contributed by atoms with Crippen molar-refractivity contribution in [2.24, 2.45) is 23.2 Å². The summed E-state index contributed by atoms with van der Waals surface area (Å²) in [6, 6.07) is 0. The summed E-state index contributed by atoms with van der Waals surface area (Å²) in [7, 11) is 0. The van der Waals surface area contributed by atoms with Crippen molar-refractivity contribution in [3.05, 3.63) is 0 Å². The van der Waals surface area contributed by atoms with Gasteiger partial charge < -0.3 is 14.6 Å². The summed E-state index contributed by atoms with van der Waals surface area (Å²) in [5.74, 6) is 0.936. The molecule has 2 saturated heterocycles. The fourth-order valence-electron chi connectivity index (χ4n) is 5.40. The van der Waals surface area contributed by atoms with Gasteiger partial charge in [0, 0.05) is 0 Å². The van der Waals surface area contributed by atoms with E-state index in [4.69, 9.17) is 9.47 Å². The van der Waals surface area contributed by atoms with Gasteiger partial charge in [0.25, 0.3) is 0 Å². The van der Waals surface area contributed by atoms with Crippen LogP contribution in [0.15, 0.2) is 0 Å². The molecule has 4 heteroatoms. The zero-order chi connectivity index (χ0) is 12.1. The molecule has 3 aliphatic carbocycles. The number of carboxylic acids is 1. The summed E-state index contributed by atoms with van der Waals surface area (Å²) >= 11 is 0. The normalized spacial score (nSPS) is 63.2. The molecule has 18 heavy (non-hydrogen) atoms. The van der Waals surface area contributed by atoms with Gasteiger partial charge >= 0.3 is 5.97 Å². The number of carboxylic acid groups (broad SMARTS) is 1. The fraction of sp³-hybridized carbons (Fsp3) is 0.929. The van der Waals surface area contributed by atoms with Gasteiger partial charge in [-0.3, -0.25) is 4.79 Å². The molecule has 2 aliphatic heterocycles. The molecular weight excluding hydrogens is 232 g/mol. The predicted molar refractivity (Wildman–Crippen MR) is 60.9 cm³/mol. The molecular formula is C14H18O4. The second kappa shape index (κ2) is 2.93. The molecule has 5 aliphatic rings. The van der Waals surface area contributed by atoms with Crippen LogP contribution in [0.2, 0.25) is 0 Å². The number of hydrogen-bond acceptors (Lipinski definition) is 3. The van der Waals surface area contributed by atoms with Crippen LogP contribution >= 0.6 is 0 Å². The lowest BCUT2D eigenvalue weighted by Gasteiger charge is -2.40. The van der Waals surface area contributed by atoms with Gasteiger partial charge in [-0.2, -0.15) is 0 Å². The molecule has 0 amide bonds. The summed E-state index contributed by atoms with van der Waals surface area (Å²) in [6.45, 7) is 0. The number of ether oxygens (including phenoxy) is 2. The molecule has 4 nitrogen and oxygen atoms in total. The van der Waals surface area contributed by atoms with E-state index in [0.717, 1.165) is 25.7 Å². The Kier molecular flexibility index (Phi) is 1.66. The Hall–Kier alpha value is -0.610. The summed E-state index contributed by atoms with van der Waals surface area (Å²) in [6.07, 6.45) is 6.31. The predicted octanol–water partition coefficient (Wildman–Crippen LogP) is 1.43. The molecule has 0 aromatic heterocycles. The number of aliphatic carboxylic acids is 1. The highest BCUT2D eigenvalue weighted by Gasteiger charge is 2.69. The van der Waals surface area contributed by atoms with Gasteiger partial charge in [0.05, 0.1) is 29.8 Å². The van der Waals surface area contributed by atoms with Crippen molar-refractivity contribution in [3.8, 4) is 0 Å². The van der Waals surface area contributed by atoms with Crippen molar-refractivity contribution in [2.45, 2.75) is 56.5 Å². The van der Waals surface area contributed by atoms with Crippen molar-refractivity contribution in [2.75, 3.05) is 0 Å².